The van der Waals surface area contributed by atoms with Gasteiger partial charge in [-0.05, 0) is 18.1 Å². The summed E-state index contributed by atoms with van der Waals surface area (Å²) in [6.07, 6.45) is 0.498. The van der Waals surface area contributed by atoms with Crippen LogP contribution in [0.5, 0.6) is 5.75 Å². The van der Waals surface area contributed by atoms with Crippen LogP contribution in [0, 0.1) is 0 Å². The summed E-state index contributed by atoms with van der Waals surface area (Å²) in [4.78, 5) is 13.5. The van der Waals surface area contributed by atoms with Crippen molar-refractivity contribution in [1.29, 1.82) is 0 Å². The minimum atomic E-state index is -0.387. The molecule has 1 aliphatic rings. The molecule has 0 bridgehead atoms. The van der Waals surface area contributed by atoms with E-state index in [0.717, 1.165) is 36.5 Å². The lowest BCUT2D eigenvalue weighted by molar-refractivity contribution is 0.167. The standard InChI is InChI=1S/C14H21N3O3/c1-19-12-4-3-10(8-15)13(7-12)17-6-5-11(9-17)16-14(18)20-2/h3-4,7,11H,5-6,8-9,15H2,1-2H3,(H,16,18). The van der Waals surface area contributed by atoms with Crippen LogP contribution in [-0.4, -0.2) is 39.4 Å². The minimum Gasteiger partial charge on any atom is -0.497 e. The van der Waals surface area contributed by atoms with Crippen LogP contribution in [-0.2, 0) is 11.3 Å². The summed E-state index contributed by atoms with van der Waals surface area (Å²) in [5, 5.41) is 2.83. The first kappa shape index (κ1) is 14.5. The van der Waals surface area contributed by atoms with Crippen LogP contribution in [0.1, 0.15) is 12.0 Å². The van der Waals surface area contributed by atoms with Crippen molar-refractivity contribution in [2.75, 3.05) is 32.2 Å². The van der Waals surface area contributed by atoms with Crippen molar-refractivity contribution in [1.82, 2.24) is 5.32 Å². The molecule has 1 unspecified atom stereocenters. The van der Waals surface area contributed by atoms with Crippen molar-refractivity contribution in [3.05, 3.63) is 23.8 Å². The number of benzene rings is 1. The third-order valence-electron chi connectivity index (χ3n) is 3.55. The van der Waals surface area contributed by atoms with Gasteiger partial charge in [0.15, 0.2) is 0 Å². The topological polar surface area (TPSA) is 76.8 Å². The molecule has 3 N–H and O–H groups in total. The predicted octanol–water partition coefficient (Wildman–Crippen LogP) is 1.09. The third-order valence-corrected chi connectivity index (χ3v) is 3.55. The molecule has 2 rings (SSSR count). The highest BCUT2D eigenvalue weighted by Crippen LogP contribution is 2.28. The second kappa shape index (κ2) is 6.47. The van der Waals surface area contributed by atoms with E-state index in [1.807, 2.05) is 18.2 Å². The van der Waals surface area contributed by atoms with E-state index >= 15 is 0 Å². The summed E-state index contributed by atoms with van der Waals surface area (Å²) in [5.74, 6) is 0.807. The number of hydrogen-bond donors (Lipinski definition) is 2. The van der Waals surface area contributed by atoms with Gasteiger partial charge in [0.05, 0.1) is 20.3 Å². The number of carbonyl (C=O) groups is 1. The summed E-state index contributed by atoms with van der Waals surface area (Å²) >= 11 is 0. The third kappa shape index (κ3) is 3.14. The van der Waals surface area contributed by atoms with Gasteiger partial charge in [-0.15, -0.1) is 0 Å². The molecule has 0 saturated carbocycles. The van der Waals surface area contributed by atoms with Gasteiger partial charge in [-0.25, -0.2) is 4.79 Å². The second-order valence-corrected chi connectivity index (χ2v) is 4.77. The van der Waals surface area contributed by atoms with Crippen molar-refractivity contribution >= 4 is 11.8 Å². The summed E-state index contributed by atoms with van der Waals surface area (Å²) in [7, 11) is 3.02. The van der Waals surface area contributed by atoms with Crippen LogP contribution in [0.25, 0.3) is 0 Å². The van der Waals surface area contributed by atoms with Gasteiger partial charge in [0, 0.05) is 31.4 Å². The zero-order valence-electron chi connectivity index (χ0n) is 11.9. The summed E-state index contributed by atoms with van der Waals surface area (Å²) < 4.78 is 9.89. The fourth-order valence-corrected chi connectivity index (χ4v) is 2.46. The largest absolute Gasteiger partial charge is 0.497 e. The van der Waals surface area contributed by atoms with Crippen LogP contribution in [0.4, 0.5) is 10.5 Å². The van der Waals surface area contributed by atoms with Gasteiger partial charge in [0.25, 0.3) is 0 Å². The highest BCUT2D eigenvalue weighted by atomic mass is 16.5. The molecule has 1 aromatic rings. The second-order valence-electron chi connectivity index (χ2n) is 4.77. The molecule has 1 heterocycles. The number of ether oxygens (including phenoxy) is 2. The van der Waals surface area contributed by atoms with E-state index in [1.54, 1.807) is 7.11 Å². The first-order valence-electron chi connectivity index (χ1n) is 6.64. The van der Waals surface area contributed by atoms with E-state index in [0.29, 0.717) is 6.54 Å². The summed E-state index contributed by atoms with van der Waals surface area (Å²) in [6.45, 7) is 2.09. The lowest BCUT2D eigenvalue weighted by Gasteiger charge is -2.22. The van der Waals surface area contributed by atoms with E-state index in [2.05, 4.69) is 15.0 Å². The van der Waals surface area contributed by atoms with Gasteiger partial charge in [0.1, 0.15) is 5.75 Å². The molecule has 6 heteroatoms. The number of carbonyl (C=O) groups excluding carboxylic acids is 1. The predicted molar refractivity (Wildman–Crippen MR) is 77.0 cm³/mol. The zero-order chi connectivity index (χ0) is 14.5. The van der Waals surface area contributed by atoms with E-state index < -0.39 is 0 Å². The Balaban J connectivity index is 2.10. The number of amides is 1. The molecule has 1 saturated heterocycles. The average Bonchev–Trinajstić information content (AvgIpc) is 2.94. The molecule has 0 aromatic heterocycles. The number of hydrogen-bond acceptors (Lipinski definition) is 5. The molecule has 20 heavy (non-hydrogen) atoms. The Morgan fingerprint density at radius 1 is 1.50 bits per heavy atom. The smallest absolute Gasteiger partial charge is 0.407 e. The van der Waals surface area contributed by atoms with Crippen LogP contribution >= 0.6 is 0 Å². The minimum absolute atomic E-state index is 0.0966. The molecule has 1 atom stereocenters. The fraction of sp³-hybridized carbons (Fsp3) is 0.500. The van der Waals surface area contributed by atoms with Crippen molar-refractivity contribution in [3.8, 4) is 5.75 Å². The SMILES string of the molecule is COC(=O)NC1CCN(c2cc(OC)ccc2CN)C1. The van der Waals surface area contributed by atoms with Crippen molar-refractivity contribution in [2.24, 2.45) is 5.73 Å². The van der Waals surface area contributed by atoms with E-state index in [-0.39, 0.29) is 12.1 Å². The zero-order valence-corrected chi connectivity index (χ0v) is 11.9. The number of rotatable bonds is 4. The van der Waals surface area contributed by atoms with Crippen LogP contribution in [0.2, 0.25) is 0 Å². The van der Waals surface area contributed by atoms with Crippen molar-refractivity contribution < 1.29 is 14.3 Å². The molecule has 0 radical (unpaired) electrons. The van der Waals surface area contributed by atoms with Gasteiger partial charge in [-0.1, -0.05) is 6.07 Å². The maximum atomic E-state index is 11.2. The van der Waals surface area contributed by atoms with Gasteiger partial charge < -0.3 is 25.4 Å². The summed E-state index contributed by atoms with van der Waals surface area (Å²) in [5.41, 5.74) is 7.93. The Bertz CT molecular complexity index is 479. The van der Waals surface area contributed by atoms with E-state index in [9.17, 15) is 4.79 Å². The van der Waals surface area contributed by atoms with Gasteiger partial charge >= 0.3 is 6.09 Å². The quantitative estimate of drug-likeness (QED) is 0.862. The van der Waals surface area contributed by atoms with Crippen molar-refractivity contribution in [3.63, 3.8) is 0 Å². The van der Waals surface area contributed by atoms with Crippen molar-refractivity contribution in [2.45, 2.75) is 19.0 Å². The van der Waals surface area contributed by atoms with Crippen LogP contribution in [0.15, 0.2) is 18.2 Å². The first-order chi connectivity index (χ1) is 9.67. The van der Waals surface area contributed by atoms with Crippen LogP contribution in [0.3, 0.4) is 0 Å². The Labute approximate surface area is 118 Å². The van der Waals surface area contributed by atoms with E-state index in [1.165, 1.54) is 7.11 Å². The number of nitrogens with two attached hydrogens (primary N) is 1. The highest BCUT2D eigenvalue weighted by molar-refractivity contribution is 5.68. The molecular weight excluding hydrogens is 258 g/mol. The number of alkyl carbamates (subject to hydrolysis) is 1. The molecule has 0 aliphatic carbocycles. The Morgan fingerprint density at radius 3 is 2.95 bits per heavy atom. The maximum Gasteiger partial charge on any atom is 0.407 e. The molecule has 1 amide bonds. The molecule has 0 spiro atoms. The Hall–Kier alpha value is -1.95. The Kier molecular flexibility index (Phi) is 4.68. The van der Waals surface area contributed by atoms with Gasteiger partial charge in [0.2, 0.25) is 0 Å². The van der Waals surface area contributed by atoms with Crippen LogP contribution < -0.4 is 20.7 Å². The molecule has 1 fully saturated rings. The number of methoxy groups -OCH3 is 2. The normalized spacial score (nSPS) is 17.9. The molecular formula is C14H21N3O3. The Morgan fingerprint density at radius 2 is 2.30 bits per heavy atom. The lowest BCUT2D eigenvalue weighted by Crippen LogP contribution is -2.37. The van der Waals surface area contributed by atoms with Gasteiger partial charge in [-0.3, -0.25) is 0 Å². The molecule has 110 valence electrons. The molecule has 1 aromatic carbocycles. The van der Waals surface area contributed by atoms with E-state index in [4.69, 9.17) is 10.5 Å². The maximum absolute atomic E-state index is 11.2. The van der Waals surface area contributed by atoms with Gasteiger partial charge in [-0.2, -0.15) is 0 Å². The highest BCUT2D eigenvalue weighted by Gasteiger charge is 2.25. The monoisotopic (exact) mass is 279 g/mol. The number of nitrogens with one attached hydrogen (secondary N) is 1. The first-order valence-corrected chi connectivity index (χ1v) is 6.64. The molecule has 6 nitrogen and oxygen atoms in total. The molecule has 1 aliphatic heterocycles. The average molecular weight is 279 g/mol. The lowest BCUT2D eigenvalue weighted by atomic mass is 10.1. The summed E-state index contributed by atoms with van der Waals surface area (Å²) in [6, 6.07) is 5.98. The fourth-order valence-electron chi connectivity index (χ4n) is 2.46. The number of nitrogens with zero attached hydrogens (tertiary/aromatic N) is 1. The number of anilines is 1.